The second kappa shape index (κ2) is 10.1. The Morgan fingerprint density at radius 2 is 2.00 bits per heavy atom. The summed E-state index contributed by atoms with van der Waals surface area (Å²) in [5.74, 6) is 0.885. The van der Waals surface area contributed by atoms with Crippen molar-refractivity contribution < 1.29 is 13.5 Å². The standard InChI is InChI=1S/C23H33N3O4S/c1-23(2,3)20-15-17(19-6-5-10-24-22(19)27)14-16(21(20)30-4)7-11-26-12-8-18(9-13-26)25-31(28)29/h5-6,10,14-15,18,25H,7-9,11-13H2,1-4H3,(H,24,27)(H,28,29). The van der Waals surface area contributed by atoms with E-state index in [0.29, 0.717) is 5.56 Å². The second-order valence-corrected chi connectivity index (χ2v) is 9.85. The van der Waals surface area contributed by atoms with E-state index in [9.17, 15) is 9.00 Å². The van der Waals surface area contributed by atoms with E-state index in [1.54, 1.807) is 13.3 Å². The van der Waals surface area contributed by atoms with Crippen LogP contribution in [0.1, 0.15) is 44.7 Å². The number of benzene rings is 1. The SMILES string of the molecule is COc1c(CCN2CCC(NS(=O)O)CC2)cc(-c2ccc[nH]c2=O)cc1C(C)(C)C. The fourth-order valence-electron chi connectivity index (χ4n) is 4.17. The van der Waals surface area contributed by atoms with Gasteiger partial charge in [-0.1, -0.05) is 20.8 Å². The quantitative estimate of drug-likeness (QED) is 0.567. The number of nitrogens with zero attached hydrogens (tertiary/aromatic N) is 1. The van der Waals surface area contributed by atoms with E-state index >= 15 is 0 Å². The zero-order chi connectivity index (χ0) is 22.6. The Bertz CT molecular complexity index is 976. The van der Waals surface area contributed by atoms with Gasteiger partial charge >= 0.3 is 0 Å². The lowest BCUT2D eigenvalue weighted by Gasteiger charge is -2.32. The molecule has 1 fully saturated rings. The topological polar surface area (TPSA) is 94.7 Å². The van der Waals surface area contributed by atoms with Crippen molar-refractivity contribution in [1.82, 2.24) is 14.6 Å². The van der Waals surface area contributed by atoms with Crippen molar-refractivity contribution in [3.63, 3.8) is 0 Å². The van der Waals surface area contributed by atoms with Gasteiger partial charge in [0.1, 0.15) is 5.75 Å². The lowest BCUT2D eigenvalue weighted by atomic mass is 9.82. The largest absolute Gasteiger partial charge is 0.496 e. The highest BCUT2D eigenvalue weighted by Crippen LogP contribution is 2.37. The minimum Gasteiger partial charge on any atom is -0.496 e. The molecule has 1 unspecified atom stereocenters. The molecule has 1 aliphatic heterocycles. The molecule has 0 spiro atoms. The van der Waals surface area contributed by atoms with Crippen LogP contribution in [0, 0.1) is 0 Å². The molecular weight excluding hydrogens is 414 g/mol. The smallest absolute Gasteiger partial charge is 0.255 e. The van der Waals surface area contributed by atoms with Gasteiger partial charge in [-0.05, 0) is 73.2 Å². The highest BCUT2D eigenvalue weighted by molar-refractivity contribution is 7.77. The molecule has 8 heteroatoms. The predicted molar refractivity (Wildman–Crippen MR) is 125 cm³/mol. The zero-order valence-electron chi connectivity index (χ0n) is 18.7. The van der Waals surface area contributed by atoms with E-state index in [-0.39, 0.29) is 17.0 Å². The second-order valence-electron chi connectivity index (χ2n) is 9.11. The van der Waals surface area contributed by atoms with Gasteiger partial charge in [0.15, 0.2) is 0 Å². The van der Waals surface area contributed by atoms with Gasteiger partial charge in [-0.25, -0.2) is 8.93 Å². The number of H-pyrrole nitrogens is 1. The van der Waals surface area contributed by atoms with Crippen molar-refractivity contribution in [3.8, 4) is 16.9 Å². The lowest BCUT2D eigenvalue weighted by Crippen LogP contribution is -2.43. The number of nitrogens with one attached hydrogen (secondary N) is 2. The van der Waals surface area contributed by atoms with Crippen LogP contribution in [0.3, 0.4) is 0 Å². The maximum Gasteiger partial charge on any atom is 0.255 e. The molecule has 2 aromatic rings. The van der Waals surface area contributed by atoms with Gasteiger partial charge in [0.05, 0.1) is 7.11 Å². The maximum absolute atomic E-state index is 12.4. The fourth-order valence-corrected chi connectivity index (χ4v) is 4.69. The molecule has 31 heavy (non-hydrogen) atoms. The van der Waals surface area contributed by atoms with Crippen molar-refractivity contribution in [2.75, 3.05) is 26.7 Å². The lowest BCUT2D eigenvalue weighted by molar-refractivity contribution is 0.208. The van der Waals surface area contributed by atoms with E-state index in [0.717, 1.165) is 61.3 Å². The van der Waals surface area contributed by atoms with Crippen LogP contribution in [0.4, 0.5) is 0 Å². The Morgan fingerprint density at radius 3 is 2.58 bits per heavy atom. The first kappa shape index (κ1) is 23.7. The molecule has 1 aliphatic rings. The third-order valence-electron chi connectivity index (χ3n) is 5.86. The van der Waals surface area contributed by atoms with Gasteiger partial charge in [-0.2, -0.15) is 0 Å². The van der Waals surface area contributed by atoms with Crippen LogP contribution >= 0.6 is 0 Å². The molecule has 0 saturated carbocycles. The number of pyridine rings is 1. The minimum atomic E-state index is -1.96. The van der Waals surface area contributed by atoms with Crippen molar-refractivity contribution in [3.05, 3.63) is 51.9 Å². The van der Waals surface area contributed by atoms with Gasteiger partial charge in [-0.15, -0.1) is 0 Å². The number of hydrogen-bond donors (Lipinski definition) is 3. The van der Waals surface area contributed by atoms with Crippen molar-refractivity contribution in [2.45, 2.75) is 51.5 Å². The summed E-state index contributed by atoms with van der Waals surface area (Å²) in [6, 6.07) is 7.91. The summed E-state index contributed by atoms with van der Waals surface area (Å²) in [7, 11) is 1.70. The summed E-state index contributed by atoms with van der Waals surface area (Å²) in [4.78, 5) is 17.6. The monoisotopic (exact) mass is 447 g/mol. The van der Waals surface area contributed by atoms with Crippen LogP contribution in [-0.2, 0) is 23.1 Å². The van der Waals surface area contributed by atoms with E-state index in [4.69, 9.17) is 9.29 Å². The summed E-state index contributed by atoms with van der Waals surface area (Å²) in [5.41, 5.74) is 3.48. The third-order valence-corrected chi connectivity index (χ3v) is 6.39. The summed E-state index contributed by atoms with van der Waals surface area (Å²) in [5, 5.41) is 0. The fraction of sp³-hybridized carbons (Fsp3) is 0.522. The molecule has 0 aliphatic carbocycles. The highest BCUT2D eigenvalue weighted by atomic mass is 32.2. The number of aromatic nitrogens is 1. The van der Waals surface area contributed by atoms with E-state index in [2.05, 4.69) is 47.5 Å². The van der Waals surface area contributed by atoms with Gasteiger partial charge in [-0.3, -0.25) is 9.35 Å². The first-order valence-corrected chi connectivity index (χ1v) is 11.8. The number of ether oxygens (including phenoxy) is 1. The van der Waals surface area contributed by atoms with Gasteiger partial charge in [0.2, 0.25) is 11.3 Å². The summed E-state index contributed by atoms with van der Waals surface area (Å²) in [6.07, 6.45) is 4.13. The minimum absolute atomic E-state index is 0.0808. The molecule has 0 radical (unpaired) electrons. The molecule has 1 aromatic heterocycles. The van der Waals surface area contributed by atoms with Crippen LogP contribution in [0.5, 0.6) is 5.75 Å². The molecule has 1 aromatic carbocycles. The van der Waals surface area contributed by atoms with Gasteiger partial charge < -0.3 is 14.6 Å². The summed E-state index contributed by atoms with van der Waals surface area (Å²) >= 11 is -1.96. The predicted octanol–water partition coefficient (Wildman–Crippen LogP) is 3.08. The number of aromatic amines is 1. The Kier molecular flexibility index (Phi) is 7.69. The Hall–Kier alpha value is -2.00. The molecule has 1 saturated heterocycles. The average molecular weight is 448 g/mol. The van der Waals surface area contributed by atoms with Crippen molar-refractivity contribution in [2.24, 2.45) is 0 Å². The van der Waals surface area contributed by atoms with Gasteiger partial charge in [0.25, 0.3) is 5.56 Å². The zero-order valence-corrected chi connectivity index (χ0v) is 19.6. The third kappa shape index (κ3) is 6.04. The molecule has 0 amide bonds. The number of piperidine rings is 1. The number of rotatable bonds is 7. The average Bonchev–Trinajstić information content (AvgIpc) is 2.72. The number of methoxy groups -OCH3 is 1. The molecule has 7 nitrogen and oxygen atoms in total. The van der Waals surface area contributed by atoms with Gasteiger partial charge in [0, 0.05) is 29.9 Å². The molecule has 0 bridgehead atoms. The Labute approximate surface area is 186 Å². The van der Waals surface area contributed by atoms with Crippen LogP contribution < -0.4 is 15.0 Å². The molecule has 3 N–H and O–H groups in total. The molecule has 3 rings (SSSR count). The molecule has 2 heterocycles. The van der Waals surface area contributed by atoms with Crippen LogP contribution in [0.15, 0.2) is 35.3 Å². The number of likely N-dealkylation sites (tertiary alicyclic amines) is 1. The summed E-state index contributed by atoms with van der Waals surface area (Å²) < 4.78 is 28.5. The maximum atomic E-state index is 12.4. The van der Waals surface area contributed by atoms with E-state index < -0.39 is 11.3 Å². The molecular formula is C23H33N3O4S. The molecule has 170 valence electrons. The number of hydrogen-bond acceptors (Lipinski definition) is 4. The van der Waals surface area contributed by atoms with Crippen LogP contribution in [0.25, 0.3) is 11.1 Å². The first-order valence-electron chi connectivity index (χ1n) is 10.7. The van der Waals surface area contributed by atoms with Crippen molar-refractivity contribution in [1.29, 1.82) is 0 Å². The van der Waals surface area contributed by atoms with Crippen LogP contribution in [-0.4, -0.2) is 51.4 Å². The highest BCUT2D eigenvalue weighted by Gasteiger charge is 2.25. The van der Waals surface area contributed by atoms with Crippen LogP contribution in [0.2, 0.25) is 0 Å². The normalized spacial score (nSPS) is 16.9. The molecule has 1 atom stereocenters. The van der Waals surface area contributed by atoms with Crippen molar-refractivity contribution >= 4 is 11.3 Å². The van der Waals surface area contributed by atoms with E-state index in [1.165, 1.54) is 0 Å². The Balaban J connectivity index is 1.85. The Morgan fingerprint density at radius 1 is 1.29 bits per heavy atom. The first-order chi connectivity index (χ1) is 14.7. The van der Waals surface area contributed by atoms with E-state index in [1.807, 2.05) is 12.1 Å². The summed E-state index contributed by atoms with van der Waals surface area (Å²) in [6.45, 7) is 9.07.